The smallest absolute Gasteiger partial charge is 0.00813 e. The zero-order valence-corrected chi connectivity index (χ0v) is 13.1. The van der Waals surface area contributed by atoms with E-state index in [2.05, 4.69) is 43.4 Å². The van der Waals surface area contributed by atoms with Crippen molar-refractivity contribution in [2.24, 2.45) is 5.92 Å². The van der Waals surface area contributed by atoms with E-state index < -0.39 is 0 Å². The summed E-state index contributed by atoms with van der Waals surface area (Å²) < 4.78 is 0. The molecule has 0 amide bonds. The maximum Gasteiger partial charge on any atom is 0.00813 e. The summed E-state index contributed by atoms with van der Waals surface area (Å²) in [5.41, 5.74) is 2.92. The molecule has 2 saturated carbocycles. The van der Waals surface area contributed by atoms with Crippen molar-refractivity contribution < 1.29 is 0 Å². The lowest BCUT2D eigenvalue weighted by Gasteiger charge is -2.39. The zero-order valence-electron chi connectivity index (χ0n) is 13.1. The topological polar surface area (TPSA) is 12.0 Å². The van der Waals surface area contributed by atoms with E-state index in [1.54, 1.807) is 5.56 Å². The fourth-order valence-electron chi connectivity index (χ4n) is 3.85. The van der Waals surface area contributed by atoms with Gasteiger partial charge in [0.2, 0.25) is 0 Å². The molecule has 0 saturated heterocycles. The third-order valence-corrected chi connectivity index (χ3v) is 5.42. The van der Waals surface area contributed by atoms with E-state index in [0.717, 1.165) is 23.9 Å². The summed E-state index contributed by atoms with van der Waals surface area (Å²) in [5.74, 6) is 1.75. The summed E-state index contributed by atoms with van der Waals surface area (Å²) in [6.45, 7) is 4.58. The standard InChI is InChI=1S/C19H29N/c1-14-4-3-5-18(11-8-14)20-19-12-17(13-19)16-9-6-15(2)7-10-16/h6-7,9-10,14,17-20H,3-5,8,11-13H2,1-2H3. The third-order valence-electron chi connectivity index (χ3n) is 5.42. The van der Waals surface area contributed by atoms with Gasteiger partial charge in [-0.3, -0.25) is 0 Å². The fourth-order valence-corrected chi connectivity index (χ4v) is 3.85. The van der Waals surface area contributed by atoms with Gasteiger partial charge in [0.05, 0.1) is 0 Å². The number of benzene rings is 1. The molecule has 0 heterocycles. The molecule has 20 heavy (non-hydrogen) atoms. The van der Waals surface area contributed by atoms with Crippen LogP contribution in [0.15, 0.2) is 24.3 Å². The Morgan fingerprint density at radius 1 is 0.900 bits per heavy atom. The molecule has 1 heteroatoms. The molecule has 0 aliphatic heterocycles. The SMILES string of the molecule is Cc1ccc(C2CC(NC3CCCC(C)CC3)C2)cc1. The highest BCUT2D eigenvalue weighted by molar-refractivity contribution is 5.26. The van der Waals surface area contributed by atoms with E-state index in [1.165, 1.54) is 50.5 Å². The summed E-state index contributed by atoms with van der Waals surface area (Å²) in [4.78, 5) is 0. The van der Waals surface area contributed by atoms with Crippen molar-refractivity contribution in [3.63, 3.8) is 0 Å². The van der Waals surface area contributed by atoms with E-state index in [4.69, 9.17) is 0 Å². The molecule has 1 N–H and O–H groups in total. The molecule has 3 rings (SSSR count). The van der Waals surface area contributed by atoms with Crippen LogP contribution < -0.4 is 5.32 Å². The maximum atomic E-state index is 3.93. The van der Waals surface area contributed by atoms with Crippen molar-refractivity contribution in [1.29, 1.82) is 0 Å². The minimum absolute atomic E-state index is 0.778. The molecule has 0 radical (unpaired) electrons. The Balaban J connectivity index is 1.45. The fraction of sp³-hybridized carbons (Fsp3) is 0.684. The lowest BCUT2D eigenvalue weighted by atomic mass is 9.75. The van der Waals surface area contributed by atoms with Crippen LogP contribution in [0.4, 0.5) is 0 Å². The molecule has 110 valence electrons. The van der Waals surface area contributed by atoms with Gasteiger partial charge in [-0.1, -0.05) is 49.6 Å². The molecule has 1 aromatic carbocycles. The highest BCUT2D eigenvalue weighted by atomic mass is 15.0. The molecule has 0 bridgehead atoms. The van der Waals surface area contributed by atoms with Crippen LogP contribution in [0.3, 0.4) is 0 Å². The summed E-state index contributed by atoms with van der Waals surface area (Å²) in [6, 6.07) is 10.7. The highest BCUT2D eigenvalue weighted by Crippen LogP contribution is 2.37. The highest BCUT2D eigenvalue weighted by Gasteiger charge is 2.31. The quantitative estimate of drug-likeness (QED) is 0.779. The first kappa shape index (κ1) is 14.1. The number of nitrogens with one attached hydrogen (secondary N) is 1. The van der Waals surface area contributed by atoms with E-state index in [0.29, 0.717) is 0 Å². The molecule has 0 spiro atoms. The van der Waals surface area contributed by atoms with Crippen LogP contribution in [0.25, 0.3) is 0 Å². The number of hydrogen-bond donors (Lipinski definition) is 1. The normalized spacial score (nSPS) is 34.3. The van der Waals surface area contributed by atoms with Gasteiger partial charge in [0, 0.05) is 12.1 Å². The Kier molecular flexibility index (Phi) is 4.45. The lowest BCUT2D eigenvalue weighted by molar-refractivity contribution is 0.254. The van der Waals surface area contributed by atoms with Crippen molar-refractivity contribution in [3.8, 4) is 0 Å². The van der Waals surface area contributed by atoms with Crippen molar-refractivity contribution in [2.75, 3.05) is 0 Å². The first-order valence-electron chi connectivity index (χ1n) is 8.53. The van der Waals surface area contributed by atoms with E-state index in [1.807, 2.05) is 0 Å². The third kappa shape index (κ3) is 3.44. The minimum atomic E-state index is 0.778. The van der Waals surface area contributed by atoms with Gasteiger partial charge in [-0.15, -0.1) is 0 Å². The van der Waals surface area contributed by atoms with E-state index in [9.17, 15) is 0 Å². The van der Waals surface area contributed by atoms with Crippen LogP contribution >= 0.6 is 0 Å². The van der Waals surface area contributed by atoms with Gasteiger partial charge >= 0.3 is 0 Å². The van der Waals surface area contributed by atoms with Gasteiger partial charge in [-0.05, 0) is 56.4 Å². The Morgan fingerprint density at radius 2 is 1.65 bits per heavy atom. The van der Waals surface area contributed by atoms with Crippen LogP contribution in [0.1, 0.15) is 68.9 Å². The molecule has 2 aliphatic carbocycles. The first-order valence-corrected chi connectivity index (χ1v) is 8.53. The monoisotopic (exact) mass is 271 g/mol. The molecule has 0 aromatic heterocycles. The molecule has 2 aliphatic rings. The first-order chi connectivity index (χ1) is 9.70. The predicted octanol–water partition coefficient (Wildman–Crippen LogP) is 4.80. The molecule has 1 nitrogen and oxygen atoms in total. The Labute approximate surface area is 124 Å². The Bertz CT molecular complexity index is 416. The summed E-state index contributed by atoms with van der Waals surface area (Å²) in [7, 11) is 0. The van der Waals surface area contributed by atoms with Gasteiger partial charge in [-0.25, -0.2) is 0 Å². The number of aryl methyl sites for hydroxylation is 1. The average molecular weight is 271 g/mol. The van der Waals surface area contributed by atoms with Crippen LogP contribution in [0, 0.1) is 12.8 Å². The zero-order chi connectivity index (χ0) is 13.9. The predicted molar refractivity (Wildman–Crippen MR) is 86.1 cm³/mol. The van der Waals surface area contributed by atoms with E-state index in [-0.39, 0.29) is 0 Å². The number of rotatable bonds is 3. The van der Waals surface area contributed by atoms with Crippen molar-refractivity contribution in [2.45, 2.75) is 76.8 Å². The molecule has 1 aromatic rings. The molecular formula is C19H29N. The average Bonchev–Trinajstić information content (AvgIpc) is 2.60. The van der Waals surface area contributed by atoms with Crippen molar-refractivity contribution >= 4 is 0 Å². The van der Waals surface area contributed by atoms with Gasteiger partial charge in [0.15, 0.2) is 0 Å². The molecular weight excluding hydrogens is 242 g/mol. The number of hydrogen-bond acceptors (Lipinski definition) is 1. The maximum absolute atomic E-state index is 3.93. The van der Waals surface area contributed by atoms with Gasteiger partial charge < -0.3 is 5.32 Å². The minimum Gasteiger partial charge on any atom is -0.311 e. The second-order valence-electron chi connectivity index (χ2n) is 7.25. The second-order valence-corrected chi connectivity index (χ2v) is 7.25. The Morgan fingerprint density at radius 3 is 2.40 bits per heavy atom. The van der Waals surface area contributed by atoms with Gasteiger partial charge in [-0.2, -0.15) is 0 Å². The summed E-state index contributed by atoms with van der Waals surface area (Å²) >= 11 is 0. The largest absolute Gasteiger partial charge is 0.311 e. The molecule has 2 atom stereocenters. The summed E-state index contributed by atoms with van der Waals surface area (Å²) in [6.07, 6.45) is 9.76. The van der Waals surface area contributed by atoms with E-state index >= 15 is 0 Å². The van der Waals surface area contributed by atoms with Gasteiger partial charge in [0.1, 0.15) is 0 Å². The Hall–Kier alpha value is -0.820. The van der Waals surface area contributed by atoms with Crippen LogP contribution in [-0.2, 0) is 0 Å². The van der Waals surface area contributed by atoms with Crippen molar-refractivity contribution in [3.05, 3.63) is 35.4 Å². The summed E-state index contributed by atoms with van der Waals surface area (Å²) in [5, 5.41) is 3.93. The second kappa shape index (κ2) is 6.30. The van der Waals surface area contributed by atoms with Crippen LogP contribution in [-0.4, -0.2) is 12.1 Å². The molecule has 2 unspecified atom stereocenters. The lowest BCUT2D eigenvalue weighted by Crippen LogP contribution is -2.45. The van der Waals surface area contributed by atoms with Crippen LogP contribution in [0.5, 0.6) is 0 Å². The van der Waals surface area contributed by atoms with Crippen molar-refractivity contribution in [1.82, 2.24) is 5.32 Å². The van der Waals surface area contributed by atoms with Gasteiger partial charge in [0.25, 0.3) is 0 Å². The van der Waals surface area contributed by atoms with Crippen LogP contribution in [0.2, 0.25) is 0 Å². The molecule has 2 fully saturated rings.